The molecule has 0 saturated carbocycles. The number of amides is 2. The van der Waals surface area contributed by atoms with Gasteiger partial charge in [0.2, 0.25) is 5.91 Å². The van der Waals surface area contributed by atoms with Crippen molar-refractivity contribution in [3.63, 3.8) is 0 Å². The van der Waals surface area contributed by atoms with E-state index in [4.69, 9.17) is 5.73 Å². The SMILES string of the molecule is C=CC1=C(C(=O)O)N2C(=O)C[C@H]2SC1(NC(=O)C=NOC(C)=O)c1csc(N)n1. The van der Waals surface area contributed by atoms with Gasteiger partial charge in [-0.2, -0.15) is 0 Å². The van der Waals surface area contributed by atoms with Crippen molar-refractivity contribution in [3.05, 3.63) is 35.0 Å². The summed E-state index contributed by atoms with van der Waals surface area (Å²) < 4.78 is 0. The van der Waals surface area contributed by atoms with E-state index in [1.165, 1.54) is 6.08 Å². The van der Waals surface area contributed by atoms with Crippen molar-refractivity contribution in [1.29, 1.82) is 0 Å². The minimum Gasteiger partial charge on any atom is -0.477 e. The summed E-state index contributed by atoms with van der Waals surface area (Å²) in [6, 6.07) is 0. The first-order chi connectivity index (χ1) is 13.7. The fraction of sp³-hybridized carbons (Fsp3) is 0.250. The lowest BCUT2D eigenvalue weighted by atomic mass is 9.97. The maximum absolute atomic E-state index is 12.5. The predicted molar refractivity (Wildman–Crippen MR) is 104 cm³/mol. The molecule has 152 valence electrons. The van der Waals surface area contributed by atoms with Crippen LogP contribution in [0.3, 0.4) is 0 Å². The van der Waals surface area contributed by atoms with Crippen LogP contribution < -0.4 is 11.1 Å². The number of nitrogens with two attached hydrogens (primary N) is 1. The molecule has 4 N–H and O–H groups in total. The van der Waals surface area contributed by atoms with E-state index in [0.717, 1.165) is 41.1 Å². The van der Waals surface area contributed by atoms with Crippen LogP contribution in [0, 0.1) is 0 Å². The number of carboxylic acids is 1. The fourth-order valence-corrected chi connectivity index (χ4v) is 5.28. The number of oxime groups is 1. The number of carbonyl (C=O) groups excluding carboxylic acids is 3. The second-order valence-corrected chi connectivity index (χ2v) is 8.15. The van der Waals surface area contributed by atoms with Crippen molar-refractivity contribution in [2.45, 2.75) is 23.6 Å². The highest BCUT2D eigenvalue weighted by Crippen LogP contribution is 2.54. The van der Waals surface area contributed by atoms with E-state index in [1.54, 1.807) is 5.38 Å². The van der Waals surface area contributed by atoms with Gasteiger partial charge in [0.05, 0.1) is 17.5 Å². The van der Waals surface area contributed by atoms with Crippen molar-refractivity contribution in [1.82, 2.24) is 15.2 Å². The van der Waals surface area contributed by atoms with Crippen LogP contribution in [0.1, 0.15) is 19.0 Å². The molecule has 2 aliphatic rings. The number of fused-ring (bicyclic) bond motifs is 1. The van der Waals surface area contributed by atoms with Crippen LogP contribution in [0.15, 0.2) is 34.5 Å². The van der Waals surface area contributed by atoms with Crippen LogP contribution >= 0.6 is 23.1 Å². The average molecular weight is 437 g/mol. The maximum Gasteiger partial charge on any atom is 0.353 e. The third-order valence-electron chi connectivity index (χ3n) is 4.03. The Balaban J connectivity index is 2.13. The van der Waals surface area contributed by atoms with Crippen molar-refractivity contribution < 1.29 is 29.1 Å². The second kappa shape index (κ2) is 7.67. The quantitative estimate of drug-likeness (QED) is 0.247. The summed E-state index contributed by atoms with van der Waals surface area (Å²) in [6.45, 7) is 4.78. The van der Waals surface area contributed by atoms with Gasteiger partial charge in [0, 0.05) is 17.9 Å². The van der Waals surface area contributed by atoms with Gasteiger partial charge in [0.15, 0.2) is 10.0 Å². The number of nitrogens with zero attached hydrogens (tertiary/aromatic N) is 3. The lowest BCUT2D eigenvalue weighted by Crippen LogP contribution is -2.60. The Morgan fingerprint density at radius 1 is 1.55 bits per heavy atom. The molecule has 1 aromatic rings. The van der Waals surface area contributed by atoms with Gasteiger partial charge in [-0.25, -0.2) is 14.6 Å². The van der Waals surface area contributed by atoms with Gasteiger partial charge in [-0.3, -0.25) is 14.5 Å². The summed E-state index contributed by atoms with van der Waals surface area (Å²) >= 11 is 2.22. The molecule has 11 nitrogen and oxygen atoms in total. The monoisotopic (exact) mass is 437 g/mol. The number of thiazole rings is 1. The Morgan fingerprint density at radius 3 is 2.79 bits per heavy atom. The zero-order valence-corrected chi connectivity index (χ0v) is 16.6. The Hall–Kier alpha value is -3.19. The number of β-lactam (4-membered cyclic amide) rings is 1. The third-order valence-corrected chi connectivity index (χ3v) is 6.24. The Kier molecular flexibility index (Phi) is 5.44. The molecule has 29 heavy (non-hydrogen) atoms. The zero-order valence-electron chi connectivity index (χ0n) is 14.9. The van der Waals surface area contributed by atoms with Crippen LogP contribution in [0.25, 0.3) is 0 Å². The highest BCUT2D eigenvalue weighted by Gasteiger charge is 2.56. The molecule has 0 radical (unpaired) electrons. The molecule has 3 rings (SSSR count). The van der Waals surface area contributed by atoms with E-state index in [2.05, 4.69) is 26.9 Å². The topological polar surface area (TPSA) is 164 Å². The van der Waals surface area contributed by atoms with Crippen LogP contribution in [0.5, 0.6) is 0 Å². The zero-order chi connectivity index (χ0) is 21.3. The first-order valence-electron chi connectivity index (χ1n) is 8.04. The maximum atomic E-state index is 12.5. The molecule has 2 amide bonds. The summed E-state index contributed by atoms with van der Waals surface area (Å²) in [7, 11) is 0. The van der Waals surface area contributed by atoms with Crippen LogP contribution in [0.2, 0.25) is 0 Å². The number of carboxylic acid groups (broad SMARTS) is 1. The molecular weight excluding hydrogens is 422 g/mol. The molecule has 13 heteroatoms. The molecule has 2 aliphatic heterocycles. The molecule has 2 atom stereocenters. The van der Waals surface area contributed by atoms with Crippen molar-refractivity contribution >= 4 is 58.2 Å². The van der Waals surface area contributed by atoms with Gasteiger partial charge in [-0.15, -0.1) is 11.3 Å². The van der Waals surface area contributed by atoms with Crippen LogP contribution in [-0.2, 0) is 28.9 Å². The molecule has 1 aromatic heterocycles. The normalized spacial score (nSPS) is 23.4. The fourth-order valence-electron chi connectivity index (χ4n) is 2.94. The minimum atomic E-state index is -1.50. The van der Waals surface area contributed by atoms with E-state index in [-0.39, 0.29) is 34.4 Å². The van der Waals surface area contributed by atoms with Gasteiger partial charge in [-0.05, 0) is 0 Å². The van der Waals surface area contributed by atoms with Crippen LogP contribution in [0.4, 0.5) is 5.13 Å². The first-order valence-corrected chi connectivity index (χ1v) is 9.80. The van der Waals surface area contributed by atoms with Crippen molar-refractivity contribution in [3.8, 4) is 0 Å². The predicted octanol–water partition coefficient (Wildman–Crippen LogP) is 0.373. The van der Waals surface area contributed by atoms with E-state index >= 15 is 0 Å². The number of hydrogen-bond acceptors (Lipinski definition) is 10. The molecule has 1 unspecified atom stereocenters. The average Bonchev–Trinajstić information content (AvgIpc) is 3.06. The Labute approximate surface area is 172 Å². The van der Waals surface area contributed by atoms with Gasteiger partial charge in [0.25, 0.3) is 5.91 Å². The lowest BCUT2D eigenvalue weighted by molar-refractivity contribution is -0.146. The van der Waals surface area contributed by atoms with Gasteiger partial charge in [0.1, 0.15) is 11.9 Å². The third kappa shape index (κ3) is 3.61. The van der Waals surface area contributed by atoms with E-state index in [0.29, 0.717) is 0 Å². The molecule has 0 spiro atoms. The smallest absolute Gasteiger partial charge is 0.353 e. The van der Waals surface area contributed by atoms with Gasteiger partial charge < -0.3 is 21.0 Å². The number of anilines is 1. The number of aromatic nitrogens is 1. The number of carbonyl (C=O) groups is 4. The molecule has 3 heterocycles. The molecule has 1 saturated heterocycles. The van der Waals surface area contributed by atoms with E-state index in [1.807, 2.05) is 0 Å². The standard InChI is InChI=1S/C16H15N5O6S2/c1-3-8-13(14(25)26)21-11(24)4-12(21)29-16(8,9-6-28-15(17)19-9)20-10(23)5-18-27-7(2)22/h3,5-6,12H,1,4H2,2H3,(H2,17,19)(H,20,23)(H,25,26)/t12-,16?/m1/s1. The molecule has 0 bridgehead atoms. The number of aliphatic carboxylic acids is 1. The summed E-state index contributed by atoms with van der Waals surface area (Å²) in [5.41, 5.74) is 5.77. The van der Waals surface area contributed by atoms with E-state index in [9.17, 15) is 24.3 Å². The van der Waals surface area contributed by atoms with Gasteiger partial charge in [-0.1, -0.05) is 29.6 Å². The highest BCUT2D eigenvalue weighted by molar-refractivity contribution is 8.01. The lowest BCUT2D eigenvalue weighted by Gasteiger charge is -2.50. The Morgan fingerprint density at radius 2 is 2.28 bits per heavy atom. The number of hydrogen-bond donors (Lipinski definition) is 3. The van der Waals surface area contributed by atoms with Crippen molar-refractivity contribution in [2.24, 2.45) is 5.16 Å². The number of nitrogens with one attached hydrogen (secondary N) is 1. The summed E-state index contributed by atoms with van der Waals surface area (Å²) in [5, 5.41) is 16.9. The largest absolute Gasteiger partial charge is 0.477 e. The van der Waals surface area contributed by atoms with E-state index < -0.39 is 28.1 Å². The second-order valence-electron chi connectivity index (χ2n) is 5.87. The van der Waals surface area contributed by atoms with Gasteiger partial charge >= 0.3 is 11.9 Å². The molecule has 1 fully saturated rings. The number of nitrogen functional groups attached to an aromatic ring is 1. The number of thioether (sulfide) groups is 1. The summed E-state index contributed by atoms with van der Waals surface area (Å²) in [5.74, 6) is -3.21. The van der Waals surface area contributed by atoms with Crippen LogP contribution in [-0.4, -0.2) is 50.3 Å². The Bertz CT molecular complexity index is 986. The highest BCUT2D eigenvalue weighted by atomic mass is 32.2. The molecule has 0 aliphatic carbocycles. The minimum absolute atomic E-state index is 0.0545. The van der Waals surface area contributed by atoms with Crippen molar-refractivity contribution in [2.75, 3.05) is 5.73 Å². The summed E-state index contributed by atoms with van der Waals surface area (Å²) in [6.07, 6.45) is 2.07. The summed E-state index contributed by atoms with van der Waals surface area (Å²) in [4.78, 5) is 55.5. The number of rotatable bonds is 6. The first kappa shape index (κ1) is 20.5. The molecular formula is C16H15N5O6S2. The molecule has 0 aromatic carbocycles.